The van der Waals surface area contributed by atoms with Crippen LogP contribution in [0.15, 0.2) is 12.7 Å². The Hall–Kier alpha value is -1.52. The fraction of sp³-hybridized carbons (Fsp3) is 0.714. The van der Waals surface area contributed by atoms with Crippen molar-refractivity contribution in [3.05, 3.63) is 12.7 Å². The first-order valence-electron chi connectivity index (χ1n) is 6.59. The van der Waals surface area contributed by atoms with Crippen molar-refractivity contribution in [1.29, 1.82) is 0 Å². The number of carboxylic acids is 1. The van der Waals surface area contributed by atoms with Gasteiger partial charge < -0.3 is 15.2 Å². The van der Waals surface area contributed by atoms with Gasteiger partial charge in [-0.15, -0.1) is 6.58 Å². The van der Waals surface area contributed by atoms with Gasteiger partial charge in [0, 0.05) is 0 Å². The Kier molecular flexibility index (Phi) is 7.87. The number of carboxylic acid groups (broad SMARTS) is 1. The van der Waals surface area contributed by atoms with E-state index in [4.69, 9.17) is 9.84 Å². The fourth-order valence-electron chi connectivity index (χ4n) is 1.52. The summed E-state index contributed by atoms with van der Waals surface area (Å²) in [5, 5.41) is 11.4. The highest BCUT2D eigenvalue weighted by molar-refractivity contribution is 5.79. The number of carbonyl (C=O) groups excluding carboxylic acids is 1. The third-order valence-corrected chi connectivity index (χ3v) is 2.39. The summed E-state index contributed by atoms with van der Waals surface area (Å²) < 4.78 is 5.04. The molecule has 19 heavy (non-hydrogen) atoms. The van der Waals surface area contributed by atoms with Crippen LogP contribution in [-0.4, -0.2) is 28.8 Å². The number of hydrogen-bond donors (Lipinski definition) is 2. The van der Waals surface area contributed by atoms with Gasteiger partial charge in [0.15, 0.2) is 0 Å². The van der Waals surface area contributed by atoms with Crippen LogP contribution in [0.1, 0.15) is 52.9 Å². The number of nitrogens with one attached hydrogen (secondary N) is 1. The molecule has 110 valence electrons. The minimum Gasteiger partial charge on any atom is -0.480 e. The zero-order valence-electron chi connectivity index (χ0n) is 12.1. The molecule has 0 radical (unpaired) electrons. The molecule has 0 bridgehead atoms. The molecule has 5 nitrogen and oxygen atoms in total. The normalized spacial score (nSPS) is 12.6. The van der Waals surface area contributed by atoms with Crippen molar-refractivity contribution in [2.75, 3.05) is 0 Å². The standard InChI is InChI=1S/C14H25NO4/c1-5-6-7-8-9-10-11(12(16)17)15-13(18)19-14(2,3)4/h5,11H,1,6-10H2,2-4H3,(H,15,18)(H,16,17). The average Bonchev–Trinajstić information content (AvgIpc) is 2.24. The maximum absolute atomic E-state index is 11.5. The van der Waals surface area contributed by atoms with Crippen molar-refractivity contribution < 1.29 is 19.4 Å². The van der Waals surface area contributed by atoms with E-state index in [9.17, 15) is 9.59 Å². The van der Waals surface area contributed by atoms with Crippen LogP contribution >= 0.6 is 0 Å². The van der Waals surface area contributed by atoms with E-state index < -0.39 is 23.7 Å². The highest BCUT2D eigenvalue weighted by atomic mass is 16.6. The molecule has 0 aromatic rings. The van der Waals surface area contributed by atoms with Gasteiger partial charge in [0.25, 0.3) is 0 Å². The smallest absolute Gasteiger partial charge is 0.408 e. The summed E-state index contributed by atoms with van der Waals surface area (Å²) in [5.74, 6) is -1.03. The molecule has 0 saturated carbocycles. The minimum absolute atomic E-state index is 0.408. The third kappa shape index (κ3) is 10.1. The number of hydrogen-bond acceptors (Lipinski definition) is 3. The van der Waals surface area contributed by atoms with E-state index in [-0.39, 0.29) is 0 Å². The van der Waals surface area contributed by atoms with Gasteiger partial charge in [-0.3, -0.25) is 0 Å². The van der Waals surface area contributed by atoms with Crippen LogP contribution in [0, 0.1) is 0 Å². The van der Waals surface area contributed by atoms with E-state index in [0.717, 1.165) is 25.7 Å². The topological polar surface area (TPSA) is 75.6 Å². The molecule has 0 aliphatic rings. The van der Waals surface area contributed by atoms with Gasteiger partial charge in [-0.2, -0.15) is 0 Å². The van der Waals surface area contributed by atoms with Gasteiger partial charge in [0.2, 0.25) is 0 Å². The molecule has 0 aromatic heterocycles. The Morgan fingerprint density at radius 3 is 2.42 bits per heavy atom. The van der Waals surface area contributed by atoms with Crippen LogP contribution in [0.2, 0.25) is 0 Å². The number of unbranched alkanes of at least 4 members (excludes halogenated alkanes) is 3. The summed E-state index contributed by atoms with van der Waals surface area (Å²) >= 11 is 0. The molecule has 0 aliphatic heterocycles. The first kappa shape index (κ1) is 17.5. The van der Waals surface area contributed by atoms with Crippen molar-refractivity contribution in [1.82, 2.24) is 5.32 Å². The summed E-state index contributed by atoms with van der Waals surface area (Å²) in [6, 6.07) is -0.890. The molecule has 0 fully saturated rings. The first-order valence-corrected chi connectivity index (χ1v) is 6.59. The highest BCUT2D eigenvalue weighted by Crippen LogP contribution is 2.09. The SMILES string of the molecule is C=CCCCCCC(NC(=O)OC(C)(C)C)C(=O)O. The van der Waals surface area contributed by atoms with Crippen LogP contribution in [0.5, 0.6) is 0 Å². The van der Waals surface area contributed by atoms with E-state index >= 15 is 0 Å². The zero-order chi connectivity index (χ0) is 14.9. The number of allylic oxidation sites excluding steroid dienone is 1. The van der Waals surface area contributed by atoms with Crippen molar-refractivity contribution in [3.63, 3.8) is 0 Å². The lowest BCUT2D eigenvalue weighted by Gasteiger charge is -2.22. The van der Waals surface area contributed by atoms with E-state index in [2.05, 4.69) is 11.9 Å². The number of alkyl carbamates (subject to hydrolysis) is 1. The Bertz CT molecular complexity index is 307. The number of rotatable bonds is 8. The predicted octanol–water partition coefficient (Wildman–Crippen LogP) is 3.10. The molecule has 1 amide bonds. The van der Waals surface area contributed by atoms with Gasteiger partial charge in [-0.05, 0) is 40.0 Å². The molecule has 0 saturated heterocycles. The Morgan fingerprint density at radius 1 is 1.32 bits per heavy atom. The van der Waals surface area contributed by atoms with E-state index in [1.807, 2.05) is 6.08 Å². The predicted molar refractivity (Wildman–Crippen MR) is 74.1 cm³/mol. The summed E-state index contributed by atoms with van der Waals surface area (Å²) in [5.41, 5.74) is -0.628. The maximum atomic E-state index is 11.5. The Labute approximate surface area is 115 Å². The molecular formula is C14H25NO4. The second-order valence-electron chi connectivity index (χ2n) is 5.46. The van der Waals surface area contributed by atoms with E-state index in [1.165, 1.54) is 0 Å². The van der Waals surface area contributed by atoms with Crippen LogP contribution in [0.4, 0.5) is 4.79 Å². The Balaban J connectivity index is 4.08. The maximum Gasteiger partial charge on any atom is 0.408 e. The second kappa shape index (κ2) is 8.56. The molecule has 1 unspecified atom stereocenters. The van der Waals surface area contributed by atoms with E-state index in [1.54, 1.807) is 20.8 Å². The van der Waals surface area contributed by atoms with Crippen molar-refractivity contribution >= 4 is 12.1 Å². The molecule has 1 atom stereocenters. The molecular weight excluding hydrogens is 246 g/mol. The minimum atomic E-state index is -1.03. The number of amides is 1. The zero-order valence-corrected chi connectivity index (χ0v) is 12.1. The largest absolute Gasteiger partial charge is 0.480 e. The van der Waals surface area contributed by atoms with Gasteiger partial charge in [-0.25, -0.2) is 9.59 Å². The molecule has 0 spiro atoms. The summed E-state index contributed by atoms with van der Waals surface area (Å²) in [6.45, 7) is 8.83. The van der Waals surface area contributed by atoms with Crippen LogP contribution < -0.4 is 5.32 Å². The lowest BCUT2D eigenvalue weighted by molar-refractivity contribution is -0.139. The Morgan fingerprint density at radius 2 is 1.95 bits per heavy atom. The van der Waals surface area contributed by atoms with Crippen LogP contribution in [-0.2, 0) is 9.53 Å². The molecule has 2 N–H and O–H groups in total. The van der Waals surface area contributed by atoms with Crippen molar-refractivity contribution in [2.45, 2.75) is 64.5 Å². The van der Waals surface area contributed by atoms with Crippen LogP contribution in [0.3, 0.4) is 0 Å². The van der Waals surface area contributed by atoms with Gasteiger partial charge in [0.1, 0.15) is 11.6 Å². The lowest BCUT2D eigenvalue weighted by Crippen LogP contribution is -2.43. The van der Waals surface area contributed by atoms with Crippen LogP contribution in [0.25, 0.3) is 0 Å². The number of aliphatic carboxylic acids is 1. The van der Waals surface area contributed by atoms with Gasteiger partial charge >= 0.3 is 12.1 Å². The van der Waals surface area contributed by atoms with E-state index in [0.29, 0.717) is 6.42 Å². The van der Waals surface area contributed by atoms with Crippen molar-refractivity contribution in [3.8, 4) is 0 Å². The molecule has 0 aliphatic carbocycles. The quantitative estimate of drug-likeness (QED) is 0.525. The van der Waals surface area contributed by atoms with Crippen molar-refractivity contribution in [2.24, 2.45) is 0 Å². The third-order valence-electron chi connectivity index (χ3n) is 2.39. The molecule has 5 heteroatoms. The average molecular weight is 271 g/mol. The summed E-state index contributed by atoms with van der Waals surface area (Å²) in [7, 11) is 0. The lowest BCUT2D eigenvalue weighted by atomic mass is 10.1. The fourth-order valence-corrected chi connectivity index (χ4v) is 1.52. The molecule has 0 heterocycles. The van der Waals surface area contributed by atoms with Gasteiger partial charge in [-0.1, -0.05) is 18.9 Å². The molecule has 0 aromatic carbocycles. The summed E-state index contributed by atoms with van der Waals surface area (Å²) in [6.07, 6.45) is 5.15. The summed E-state index contributed by atoms with van der Waals surface area (Å²) in [4.78, 5) is 22.5. The second-order valence-corrected chi connectivity index (χ2v) is 5.46. The highest BCUT2D eigenvalue weighted by Gasteiger charge is 2.23. The molecule has 0 rings (SSSR count). The van der Waals surface area contributed by atoms with Gasteiger partial charge in [0.05, 0.1) is 0 Å². The number of ether oxygens (including phenoxy) is 1. The first-order chi connectivity index (χ1) is 8.76. The monoisotopic (exact) mass is 271 g/mol. The number of carbonyl (C=O) groups is 2.